The summed E-state index contributed by atoms with van der Waals surface area (Å²) in [6.45, 7) is 0. The monoisotopic (exact) mass is 284 g/mol. The van der Waals surface area contributed by atoms with Gasteiger partial charge in [0.2, 0.25) is 0 Å². The Balaban J connectivity index is 2.00. The minimum atomic E-state index is -3.82. The van der Waals surface area contributed by atoms with Gasteiger partial charge in [-0.3, -0.25) is 0 Å². The van der Waals surface area contributed by atoms with E-state index in [1.165, 1.54) is 23.3 Å². The lowest BCUT2D eigenvalue weighted by molar-refractivity contribution is 0.589. The molecule has 0 aromatic carbocycles. The largest absolute Gasteiger partial charge is 0.273 e. The molecule has 0 amide bonds. The fraction of sp³-hybridized carbons (Fsp3) is 0.400. The van der Waals surface area contributed by atoms with Crippen LogP contribution in [0.2, 0.25) is 0 Å². The summed E-state index contributed by atoms with van der Waals surface area (Å²) in [5.41, 5.74) is 1.34. The van der Waals surface area contributed by atoms with Gasteiger partial charge >= 0.3 is 0 Å². The molecular formula is C10H12N4O2S2. The number of nitrogens with two attached hydrogens (primary N) is 1. The summed E-state index contributed by atoms with van der Waals surface area (Å²) in [5.74, 6) is 0.401. The standard InChI is InChI=1S/C10H12N4O2S2/c11-18(15,16)10-12-9(13-14-10)8-5-6-3-1-2-4-7(6)17-8/h5H,1-4H2,(H2,11,15,16)(H,12,13,14). The molecule has 2 heterocycles. The maximum absolute atomic E-state index is 11.1. The molecule has 0 unspecified atom stereocenters. The summed E-state index contributed by atoms with van der Waals surface area (Å²) in [6.07, 6.45) is 4.59. The summed E-state index contributed by atoms with van der Waals surface area (Å²) in [5, 5.41) is 11.0. The number of aryl methyl sites for hydroxylation is 2. The Kier molecular flexibility index (Phi) is 2.72. The molecule has 0 spiro atoms. The Labute approximate surface area is 108 Å². The average molecular weight is 284 g/mol. The van der Waals surface area contributed by atoms with Crippen LogP contribution in [0.15, 0.2) is 11.2 Å². The smallest absolute Gasteiger partial charge is 0.248 e. The first kappa shape index (κ1) is 11.8. The topological polar surface area (TPSA) is 102 Å². The molecule has 0 saturated carbocycles. The van der Waals surface area contributed by atoms with E-state index in [0.29, 0.717) is 5.82 Å². The summed E-state index contributed by atoms with van der Waals surface area (Å²) in [6, 6.07) is 2.05. The minimum absolute atomic E-state index is 0.288. The molecule has 0 fully saturated rings. The van der Waals surface area contributed by atoms with Crippen molar-refractivity contribution in [3.8, 4) is 10.7 Å². The molecule has 0 bridgehead atoms. The van der Waals surface area contributed by atoms with Gasteiger partial charge in [-0.05, 0) is 37.3 Å². The van der Waals surface area contributed by atoms with Crippen LogP contribution in [0.5, 0.6) is 0 Å². The number of hydrogen-bond donors (Lipinski definition) is 2. The number of hydrogen-bond acceptors (Lipinski definition) is 5. The van der Waals surface area contributed by atoms with Crippen LogP contribution >= 0.6 is 11.3 Å². The van der Waals surface area contributed by atoms with Crippen molar-refractivity contribution in [2.45, 2.75) is 30.8 Å². The number of primary sulfonamides is 1. The molecular weight excluding hydrogens is 272 g/mol. The lowest BCUT2D eigenvalue weighted by Crippen LogP contribution is -2.13. The van der Waals surface area contributed by atoms with Crippen molar-refractivity contribution in [1.82, 2.24) is 15.2 Å². The SMILES string of the molecule is NS(=O)(=O)c1nc(-c2cc3c(s2)CCCC3)n[nH]1. The molecule has 1 aliphatic carbocycles. The van der Waals surface area contributed by atoms with E-state index in [-0.39, 0.29) is 5.16 Å². The van der Waals surface area contributed by atoms with Crippen LogP contribution in [0.4, 0.5) is 0 Å². The normalized spacial score (nSPS) is 15.6. The van der Waals surface area contributed by atoms with E-state index in [2.05, 4.69) is 21.2 Å². The number of nitrogens with zero attached hydrogens (tertiary/aromatic N) is 2. The molecule has 3 rings (SSSR count). The molecule has 96 valence electrons. The molecule has 1 aliphatic rings. The number of fused-ring (bicyclic) bond motifs is 1. The van der Waals surface area contributed by atoms with Gasteiger partial charge in [-0.25, -0.2) is 18.7 Å². The quantitative estimate of drug-likeness (QED) is 0.860. The van der Waals surface area contributed by atoms with Crippen LogP contribution in [-0.2, 0) is 22.9 Å². The van der Waals surface area contributed by atoms with Gasteiger partial charge in [-0.15, -0.1) is 11.3 Å². The zero-order chi connectivity index (χ0) is 12.8. The third-order valence-corrected chi connectivity index (χ3v) is 4.91. The van der Waals surface area contributed by atoms with Crippen LogP contribution in [-0.4, -0.2) is 23.6 Å². The Bertz CT molecular complexity index is 663. The van der Waals surface area contributed by atoms with E-state index < -0.39 is 10.0 Å². The maximum atomic E-state index is 11.1. The molecule has 8 heteroatoms. The van der Waals surface area contributed by atoms with Crippen molar-refractivity contribution < 1.29 is 8.42 Å². The van der Waals surface area contributed by atoms with Crippen molar-refractivity contribution in [2.75, 3.05) is 0 Å². The van der Waals surface area contributed by atoms with Crippen LogP contribution in [0.3, 0.4) is 0 Å². The van der Waals surface area contributed by atoms with Gasteiger partial charge in [0.05, 0.1) is 4.88 Å². The first-order chi connectivity index (χ1) is 8.54. The number of thiophene rings is 1. The van der Waals surface area contributed by atoms with Crippen molar-refractivity contribution in [3.63, 3.8) is 0 Å². The van der Waals surface area contributed by atoms with E-state index in [1.807, 2.05) is 0 Å². The van der Waals surface area contributed by atoms with Crippen molar-refractivity contribution >= 4 is 21.4 Å². The molecule has 3 N–H and O–H groups in total. The molecule has 18 heavy (non-hydrogen) atoms. The number of rotatable bonds is 2. The molecule has 0 atom stereocenters. The molecule has 0 radical (unpaired) electrons. The zero-order valence-electron chi connectivity index (χ0n) is 9.51. The van der Waals surface area contributed by atoms with Gasteiger partial charge < -0.3 is 0 Å². The second-order valence-corrected chi connectivity index (χ2v) is 6.89. The molecule has 6 nitrogen and oxygen atoms in total. The fourth-order valence-electron chi connectivity index (χ4n) is 2.09. The van der Waals surface area contributed by atoms with E-state index >= 15 is 0 Å². The molecule has 0 aliphatic heterocycles. The van der Waals surface area contributed by atoms with Crippen LogP contribution in [0.1, 0.15) is 23.3 Å². The second-order valence-electron chi connectivity index (χ2n) is 4.28. The third kappa shape index (κ3) is 2.06. The van der Waals surface area contributed by atoms with Crippen LogP contribution < -0.4 is 5.14 Å². The van der Waals surface area contributed by atoms with Crippen LogP contribution in [0, 0.1) is 0 Å². The second kappa shape index (κ2) is 4.15. The maximum Gasteiger partial charge on any atom is 0.273 e. The number of aromatic amines is 1. The van der Waals surface area contributed by atoms with Gasteiger partial charge in [-0.1, -0.05) is 0 Å². The number of sulfonamides is 1. The number of H-pyrrole nitrogens is 1. The first-order valence-corrected chi connectivity index (χ1v) is 7.97. The Morgan fingerprint density at radius 1 is 1.33 bits per heavy atom. The Morgan fingerprint density at radius 3 is 2.78 bits per heavy atom. The number of aromatic nitrogens is 3. The van der Waals surface area contributed by atoms with Crippen LogP contribution in [0.25, 0.3) is 10.7 Å². The summed E-state index contributed by atoms with van der Waals surface area (Å²) in [4.78, 5) is 6.18. The third-order valence-electron chi connectivity index (χ3n) is 2.95. The highest BCUT2D eigenvalue weighted by Gasteiger charge is 2.19. The molecule has 0 saturated heterocycles. The lowest BCUT2D eigenvalue weighted by atomic mass is 9.99. The molecule has 2 aromatic rings. The van der Waals surface area contributed by atoms with Gasteiger partial charge in [0.1, 0.15) is 0 Å². The van der Waals surface area contributed by atoms with E-state index in [9.17, 15) is 8.42 Å². The Morgan fingerprint density at radius 2 is 2.11 bits per heavy atom. The van der Waals surface area contributed by atoms with Gasteiger partial charge in [0, 0.05) is 4.88 Å². The van der Waals surface area contributed by atoms with Crippen molar-refractivity contribution in [3.05, 3.63) is 16.5 Å². The van der Waals surface area contributed by atoms with Crippen molar-refractivity contribution in [2.24, 2.45) is 5.14 Å². The predicted octanol–water partition coefficient (Wildman–Crippen LogP) is 1.06. The summed E-state index contributed by atoms with van der Waals surface area (Å²) >= 11 is 1.63. The lowest BCUT2D eigenvalue weighted by Gasteiger charge is -2.08. The van der Waals surface area contributed by atoms with Crippen molar-refractivity contribution in [1.29, 1.82) is 0 Å². The van der Waals surface area contributed by atoms with Gasteiger partial charge in [-0.2, -0.15) is 10.1 Å². The average Bonchev–Trinajstić information content (AvgIpc) is 2.94. The molecule has 2 aromatic heterocycles. The van der Waals surface area contributed by atoms with Gasteiger partial charge in [0.15, 0.2) is 5.82 Å². The number of nitrogens with one attached hydrogen (secondary N) is 1. The fourth-order valence-corrected chi connectivity index (χ4v) is 3.66. The summed E-state index contributed by atoms with van der Waals surface area (Å²) < 4.78 is 22.2. The highest BCUT2D eigenvalue weighted by atomic mass is 32.2. The zero-order valence-corrected chi connectivity index (χ0v) is 11.1. The predicted molar refractivity (Wildman–Crippen MR) is 67.7 cm³/mol. The highest BCUT2D eigenvalue weighted by molar-refractivity contribution is 7.89. The summed E-state index contributed by atoms with van der Waals surface area (Å²) in [7, 11) is -3.82. The highest BCUT2D eigenvalue weighted by Crippen LogP contribution is 2.34. The van der Waals surface area contributed by atoms with E-state index in [4.69, 9.17) is 5.14 Å². The first-order valence-electron chi connectivity index (χ1n) is 5.61. The van der Waals surface area contributed by atoms with E-state index in [0.717, 1.165) is 17.7 Å². The van der Waals surface area contributed by atoms with E-state index in [1.54, 1.807) is 11.3 Å². The van der Waals surface area contributed by atoms with Gasteiger partial charge in [0.25, 0.3) is 15.2 Å². The minimum Gasteiger partial charge on any atom is -0.248 e. The Hall–Kier alpha value is -1.25.